The number of methoxy groups -OCH3 is 2. The van der Waals surface area contributed by atoms with Crippen molar-refractivity contribution in [3.63, 3.8) is 0 Å². The zero-order valence-electron chi connectivity index (χ0n) is 16.4. The topological polar surface area (TPSA) is 84.9 Å². The third kappa shape index (κ3) is 3.37. The SMILES string of the molecule is C=CCN1c2cc(OC)c(OC)cc2C(C)=C(C(=O)NC2CCCC2)S1(=O)=O. The van der Waals surface area contributed by atoms with E-state index in [1.807, 2.05) is 0 Å². The van der Waals surface area contributed by atoms with Gasteiger partial charge in [-0.3, -0.25) is 9.10 Å². The summed E-state index contributed by atoms with van der Waals surface area (Å²) in [5.41, 5.74) is 1.45. The summed E-state index contributed by atoms with van der Waals surface area (Å²) in [7, 11) is -1.04. The minimum absolute atomic E-state index is 0.0163. The molecule has 1 N–H and O–H groups in total. The smallest absolute Gasteiger partial charge is 0.270 e. The fourth-order valence-corrected chi connectivity index (χ4v) is 5.57. The molecule has 0 atom stereocenters. The van der Waals surface area contributed by atoms with Crippen LogP contribution >= 0.6 is 0 Å². The Labute approximate surface area is 166 Å². The average molecular weight is 407 g/mol. The molecule has 1 fully saturated rings. The third-order valence-corrected chi connectivity index (χ3v) is 7.19. The Morgan fingerprint density at radius 3 is 2.43 bits per heavy atom. The van der Waals surface area contributed by atoms with Crippen LogP contribution in [0.3, 0.4) is 0 Å². The zero-order chi connectivity index (χ0) is 20.5. The number of carbonyl (C=O) groups excluding carboxylic acids is 1. The number of benzene rings is 1. The van der Waals surface area contributed by atoms with Gasteiger partial charge in [-0.25, -0.2) is 8.42 Å². The van der Waals surface area contributed by atoms with Gasteiger partial charge < -0.3 is 14.8 Å². The maximum Gasteiger partial charge on any atom is 0.270 e. The number of nitrogens with one attached hydrogen (secondary N) is 1. The summed E-state index contributed by atoms with van der Waals surface area (Å²) in [6.07, 6.45) is 5.31. The molecule has 0 bridgehead atoms. The molecule has 152 valence electrons. The van der Waals surface area contributed by atoms with Crippen LogP contribution < -0.4 is 19.1 Å². The summed E-state index contributed by atoms with van der Waals surface area (Å²) in [5, 5.41) is 2.89. The highest BCUT2D eigenvalue weighted by Gasteiger charge is 2.40. The largest absolute Gasteiger partial charge is 0.493 e. The van der Waals surface area contributed by atoms with E-state index in [4.69, 9.17) is 9.47 Å². The van der Waals surface area contributed by atoms with Crippen molar-refractivity contribution in [3.05, 3.63) is 35.3 Å². The van der Waals surface area contributed by atoms with Crippen molar-refractivity contribution in [3.8, 4) is 11.5 Å². The van der Waals surface area contributed by atoms with E-state index >= 15 is 0 Å². The molecule has 3 rings (SSSR count). The molecule has 0 saturated heterocycles. The number of fused-ring (bicyclic) bond motifs is 1. The number of rotatable bonds is 6. The lowest BCUT2D eigenvalue weighted by Gasteiger charge is -2.32. The number of carbonyl (C=O) groups is 1. The predicted octanol–water partition coefficient (Wildman–Crippen LogP) is 2.83. The summed E-state index contributed by atoms with van der Waals surface area (Å²) >= 11 is 0. The van der Waals surface area contributed by atoms with Gasteiger partial charge >= 0.3 is 0 Å². The second-order valence-electron chi connectivity index (χ2n) is 6.96. The number of nitrogens with zero attached hydrogens (tertiary/aromatic N) is 1. The number of ether oxygens (including phenoxy) is 2. The van der Waals surface area contributed by atoms with E-state index in [9.17, 15) is 13.2 Å². The van der Waals surface area contributed by atoms with Gasteiger partial charge in [-0.05, 0) is 31.4 Å². The van der Waals surface area contributed by atoms with Crippen molar-refractivity contribution in [1.82, 2.24) is 5.32 Å². The Kier molecular flexibility index (Phi) is 5.69. The van der Waals surface area contributed by atoms with E-state index < -0.39 is 15.9 Å². The maximum absolute atomic E-state index is 13.3. The molecule has 1 heterocycles. The first-order valence-electron chi connectivity index (χ1n) is 9.27. The molecule has 0 unspecified atom stereocenters. The van der Waals surface area contributed by atoms with Crippen molar-refractivity contribution >= 4 is 27.2 Å². The first-order valence-corrected chi connectivity index (χ1v) is 10.7. The van der Waals surface area contributed by atoms with Crippen molar-refractivity contribution in [1.29, 1.82) is 0 Å². The summed E-state index contributed by atoms with van der Waals surface area (Å²) < 4.78 is 38.5. The molecule has 28 heavy (non-hydrogen) atoms. The normalized spacial score (nSPS) is 18.6. The Balaban J connectivity index is 2.17. The molecule has 1 saturated carbocycles. The minimum atomic E-state index is -4.04. The summed E-state index contributed by atoms with van der Waals surface area (Å²) in [6, 6.07) is 3.34. The number of allylic oxidation sites excluding steroid dienone is 1. The first-order chi connectivity index (χ1) is 13.3. The molecule has 1 amide bonds. The Hall–Kier alpha value is -2.48. The van der Waals surface area contributed by atoms with Gasteiger partial charge in [0.25, 0.3) is 15.9 Å². The van der Waals surface area contributed by atoms with Gasteiger partial charge in [0.2, 0.25) is 0 Å². The molecule has 0 radical (unpaired) electrons. The van der Waals surface area contributed by atoms with Gasteiger partial charge in [-0.15, -0.1) is 6.58 Å². The lowest BCUT2D eigenvalue weighted by atomic mass is 10.0. The minimum Gasteiger partial charge on any atom is -0.493 e. The van der Waals surface area contributed by atoms with Crippen LogP contribution in [0.1, 0.15) is 38.2 Å². The van der Waals surface area contributed by atoms with E-state index in [-0.39, 0.29) is 17.5 Å². The Morgan fingerprint density at radius 1 is 1.25 bits per heavy atom. The van der Waals surface area contributed by atoms with E-state index in [1.165, 1.54) is 24.6 Å². The second-order valence-corrected chi connectivity index (χ2v) is 8.76. The maximum atomic E-state index is 13.3. The molecule has 0 spiro atoms. The van der Waals surface area contributed by atoms with Crippen LogP contribution in [0.25, 0.3) is 5.57 Å². The average Bonchev–Trinajstić information content (AvgIpc) is 3.16. The Bertz CT molecular complexity index is 930. The van der Waals surface area contributed by atoms with Crippen LogP contribution in [0.5, 0.6) is 11.5 Å². The van der Waals surface area contributed by atoms with Crippen molar-refractivity contribution in [2.24, 2.45) is 0 Å². The zero-order valence-corrected chi connectivity index (χ0v) is 17.3. The number of hydrogen-bond acceptors (Lipinski definition) is 5. The van der Waals surface area contributed by atoms with E-state index in [0.29, 0.717) is 28.3 Å². The highest BCUT2D eigenvalue weighted by atomic mass is 32.2. The summed E-state index contributed by atoms with van der Waals surface area (Å²) in [6.45, 7) is 5.35. The molecule has 1 aromatic rings. The van der Waals surface area contributed by atoms with Crippen LogP contribution in [0, 0.1) is 0 Å². The first kappa shape index (κ1) is 20.3. The summed E-state index contributed by atoms with van der Waals surface area (Å²) in [4.78, 5) is 12.7. The van der Waals surface area contributed by atoms with E-state index in [2.05, 4.69) is 11.9 Å². The van der Waals surface area contributed by atoms with Gasteiger partial charge in [0.1, 0.15) is 0 Å². The van der Waals surface area contributed by atoms with Crippen molar-refractivity contribution in [2.45, 2.75) is 38.6 Å². The van der Waals surface area contributed by atoms with Crippen LogP contribution in [0.15, 0.2) is 29.7 Å². The van der Waals surface area contributed by atoms with Crippen LogP contribution in [0.2, 0.25) is 0 Å². The van der Waals surface area contributed by atoms with Gasteiger partial charge in [0.15, 0.2) is 16.4 Å². The standard InChI is InChI=1S/C20H26N2O5S/c1-5-10-22-16-12-18(27-4)17(26-3)11-15(16)13(2)19(28(22,24)25)20(23)21-14-8-6-7-9-14/h5,11-12,14H,1,6-10H2,2-4H3,(H,21,23). The van der Waals surface area contributed by atoms with Crippen molar-refractivity contribution < 1.29 is 22.7 Å². The van der Waals surface area contributed by atoms with Gasteiger partial charge in [0, 0.05) is 17.7 Å². The monoisotopic (exact) mass is 406 g/mol. The molecule has 1 aliphatic carbocycles. The molecule has 8 heteroatoms. The van der Waals surface area contributed by atoms with Gasteiger partial charge in [-0.1, -0.05) is 18.9 Å². The number of amides is 1. The molecular formula is C20H26N2O5S. The highest BCUT2D eigenvalue weighted by Crippen LogP contribution is 2.44. The second kappa shape index (κ2) is 7.87. The lowest BCUT2D eigenvalue weighted by Crippen LogP contribution is -2.43. The van der Waals surface area contributed by atoms with Gasteiger partial charge in [0.05, 0.1) is 26.5 Å². The molecule has 2 aliphatic rings. The number of hydrogen-bond donors (Lipinski definition) is 1. The van der Waals surface area contributed by atoms with Crippen LogP contribution in [-0.2, 0) is 14.8 Å². The fourth-order valence-electron chi connectivity index (χ4n) is 3.85. The van der Waals surface area contributed by atoms with Crippen LogP contribution in [-0.4, -0.2) is 41.1 Å². The number of sulfonamides is 1. The quantitative estimate of drug-likeness (QED) is 0.735. The number of anilines is 1. The van der Waals surface area contributed by atoms with E-state index in [1.54, 1.807) is 19.1 Å². The highest BCUT2D eigenvalue weighted by molar-refractivity contribution is 7.97. The Morgan fingerprint density at radius 2 is 1.86 bits per heavy atom. The molecule has 1 aromatic carbocycles. The predicted molar refractivity (Wildman–Crippen MR) is 109 cm³/mol. The van der Waals surface area contributed by atoms with E-state index in [0.717, 1.165) is 25.7 Å². The molecule has 0 aromatic heterocycles. The fraction of sp³-hybridized carbons (Fsp3) is 0.450. The summed E-state index contributed by atoms with van der Waals surface area (Å²) in [5.74, 6) is 0.324. The molecular weight excluding hydrogens is 380 g/mol. The van der Waals surface area contributed by atoms with Crippen LogP contribution in [0.4, 0.5) is 5.69 Å². The third-order valence-electron chi connectivity index (χ3n) is 5.25. The van der Waals surface area contributed by atoms with Gasteiger partial charge in [-0.2, -0.15) is 0 Å². The molecule has 7 nitrogen and oxygen atoms in total. The molecule has 1 aliphatic heterocycles. The van der Waals surface area contributed by atoms with Crippen molar-refractivity contribution in [2.75, 3.05) is 25.1 Å². The lowest BCUT2D eigenvalue weighted by molar-refractivity contribution is -0.117.